The van der Waals surface area contributed by atoms with Gasteiger partial charge < -0.3 is 5.32 Å². The average molecular weight is 264 g/mol. The molecule has 1 aliphatic heterocycles. The van der Waals surface area contributed by atoms with Crippen molar-refractivity contribution < 1.29 is 4.79 Å². The van der Waals surface area contributed by atoms with E-state index in [4.69, 9.17) is 11.6 Å². The molecule has 2 nitrogen and oxygen atoms in total. The van der Waals surface area contributed by atoms with Crippen LogP contribution in [0.5, 0.6) is 0 Å². The van der Waals surface area contributed by atoms with E-state index in [2.05, 4.69) is 12.2 Å². The van der Waals surface area contributed by atoms with Crippen molar-refractivity contribution in [1.29, 1.82) is 0 Å². The predicted molar refractivity (Wildman–Crippen MR) is 72.2 cm³/mol. The Morgan fingerprint density at radius 1 is 1.50 bits per heavy atom. The molecule has 4 heteroatoms. The van der Waals surface area contributed by atoms with Crippen LogP contribution in [0.25, 0.3) is 0 Å². The molecular formula is C12H22ClNOS. The summed E-state index contributed by atoms with van der Waals surface area (Å²) in [5.41, 5.74) is 0. The van der Waals surface area contributed by atoms with Gasteiger partial charge in [-0.3, -0.25) is 4.79 Å². The molecule has 1 unspecified atom stereocenters. The minimum absolute atomic E-state index is 0.0934. The van der Waals surface area contributed by atoms with E-state index in [1.54, 1.807) is 0 Å². The summed E-state index contributed by atoms with van der Waals surface area (Å²) in [5, 5.41) is 3.03. The Balaban J connectivity index is 2.10. The first-order chi connectivity index (χ1) is 7.72. The van der Waals surface area contributed by atoms with Gasteiger partial charge in [-0.2, -0.15) is 11.8 Å². The highest BCUT2D eigenvalue weighted by atomic mass is 35.5. The predicted octanol–water partition coefficient (Wildman–Crippen LogP) is 3.04. The first kappa shape index (κ1) is 14.2. The standard InChI is InChI=1S/C12H22ClNOS/c1-2-3-11(13)9-14-12(15)8-10-4-6-16-7-5-10/h10-11H,2-9H2,1H3,(H,14,15). The summed E-state index contributed by atoms with van der Waals surface area (Å²) in [7, 11) is 0. The summed E-state index contributed by atoms with van der Waals surface area (Å²) < 4.78 is 0. The molecule has 0 aromatic heterocycles. The minimum Gasteiger partial charge on any atom is -0.355 e. The highest BCUT2D eigenvalue weighted by molar-refractivity contribution is 7.99. The van der Waals surface area contributed by atoms with Crippen molar-refractivity contribution in [2.75, 3.05) is 18.1 Å². The van der Waals surface area contributed by atoms with Crippen LogP contribution < -0.4 is 5.32 Å². The van der Waals surface area contributed by atoms with Crippen LogP contribution in [-0.2, 0) is 4.79 Å². The van der Waals surface area contributed by atoms with Gasteiger partial charge >= 0.3 is 0 Å². The number of alkyl halides is 1. The molecular weight excluding hydrogens is 242 g/mol. The van der Waals surface area contributed by atoms with E-state index < -0.39 is 0 Å². The maximum atomic E-state index is 11.6. The van der Waals surface area contributed by atoms with E-state index in [1.807, 2.05) is 11.8 Å². The molecule has 0 aromatic carbocycles. The molecule has 0 aromatic rings. The maximum absolute atomic E-state index is 11.6. The zero-order chi connectivity index (χ0) is 11.8. The summed E-state index contributed by atoms with van der Waals surface area (Å²) in [6.07, 6.45) is 5.12. The first-order valence-corrected chi connectivity index (χ1v) is 7.80. The van der Waals surface area contributed by atoms with E-state index in [0.717, 1.165) is 12.8 Å². The molecule has 1 heterocycles. The summed E-state index contributed by atoms with van der Waals surface area (Å²) in [6, 6.07) is 0. The highest BCUT2D eigenvalue weighted by Gasteiger charge is 2.17. The van der Waals surface area contributed by atoms with E-state index >= 15 is 0 Å². The molecule has 0 bridgehead atoms. The number of hydrogen-bond acceptors (Lipinski definition) is 2. The lowest BCUT2D eigenvalue weighted by Gasteiger charge is -2.20. The molecule has 1 N–H and O–H groups in total. The van der Waals surface area contributed by atoms with Crippen molar-refractivity contribution in [2.24, 2.45) is 5.92 Å². The molecule has 1 rings (SSSR count). The Kier molecular flexibility index (Phi) is 7.30. The molecule has 1 atom stereocenters. The second-order valence-electron chi connectivity index (χ2n) is 4.45. The van der Waals surface area contributed by atoms with Gasteiger partial charge in [0.2, 0.25) is 5.91 Å². The van der Waals surface area contributed by atoms with E-state index in [1.165, 1.54) is 24.3 Å². The topological polar surface area (TPSA) is 29.1 Å². The first-order valence-electron chi connectivity index (χ1n) is 6.21. The lowest BCUT2D eigenvalue weighted by Crippen LogP contribution is -2.31. The van der Waals surface area contributed by atoms with Gasteiger partial charge in [-0.25, -0.2) is 0 Å². The van der Waals surface area contributed by atoms with Crippen molar-refractivity contribution in [2.45, 2.75) is 44.4 Å². The molecule has 0 aliphatic carbocycles. The molecule has 0 saturated carbocycles. The molecule has 1 amide bonds. The van der Waals surface area contributed by atoms with Gasteiger partial charge in [0.25, 0.3) is 0 Å². The largest absolute Gasteiger partial charge is 0.355 e. The van der Waals surface area contributed by atoms with Crippen molar-refractivity contribution >= 4 is 29.3 Å². The van der Waals surface area contributed by atoms with Gasteiger partial charge in [-0.05, 0) is 36.7 Å². The van der Waals surface area contributed by atoms with Gasteiger partial charge in [-0.1, -0.05) is 13.3 Å². The average Bonchev–Trinajstić information content (AvgIpc) is 2.28. The van der Waals surface area contributed by atoms with Crippen molar-refractivity contribution in [3.05, 3.63) is 0 Å². The van der Waals surface area contributed by atoms with Crippen molar-refractivity contribution in [1.82, 2.24) is 5.32 Å². The smallest absolute Gasteiger partial charge is 0.220 e. The highest BCUT2D eigenvalue weighted by Crippen LogP contribution is 2.25. The van der Waals surface area contributed by atoms with Crippen molar-refractivity contribution in [3.63, 3.8) is 0 Å². The zero-order valence-electron chi connectivity index (χ0n) is 10.0. The number of rotatable bonds is 6. The van der Waals surface area contributed by atoms with Crippen LogP contribution in [0.3, 0.4) is 0 Å². The second kappa shape index (κ2) is 8.24. The molecule has 0 spiro atoms. The van der Waals surface area contributed by atoms with E-state index in [-0.39, 0.29) is 11.3 Å². The summed E-state index contributed by atoms with van der Waals surface area (Å²) >= 11 is 8.05. The van der Waals surface area contributed by atoms with Crippen LogP contribution >= 0.6 is 23.4 Å². The fourth-order valence-electron chi connectivity index (χ4n) is 1.92. The monoisotopic (exact) mass is 263 g/mol. The van der Waals surface area contributed by atoms with Gasteiger partial charge in [0.05, 0.1) is 5.38 Å². The number of carbonyl (C=O) groups is 1. The number of halogens is 1. The fraction of sp³-hybridized carbons (Fsp3) is 0.917. The van der Waals surface area contributed by atoms with E-state index in [9.17, 15) is 4.79 Å². The van der Waals surface area contributed by atoms with Crippen LogP contribution in [0, 0.1) is 5.92 Å². The third-order valence-electron chi connectivity index (χ3n) is 2.94. The van der Waals surface area contributed by atoms with Crippen molar-refractivity contribution in [3.8, 4) is 0 Å². The fourth-order valence-corrected chi connectivity index (χ4v) is 3.42. The van der Waals surface area contributed by atoms with Gasteiger partial charge in [0.15, 0.2) is 0 Å². The van der Waals surface area contributed by atoms with E-state index in [0.29, 0.717) is 18.9 Å². The summed E-state index contributed by atoms with van der Waals surface area (Å²) in [6.45, 7) is 2.73. The van der Waals surface area contributed by atoms with Crippen LogP contribution in [0.1, 0.15) is 39.0 Å². The molecule has 1 aliphatic rings. The Morgan fingerprint density at radius 2 is 2.19 bits per heavy atom. The number of thioether (sulfide) groups is 1. The number of carbonyl (C=O) groups excluding carboxylic acids is 1. The molecule has 0 radical (unpaired) electrons. The molecule has 1 fully saturated rings. The molecule has 1 saturated heterocycles. The van der Waals surface area contributed by atoms with Gasteiger partial charge in [0, 0.05) is 13.0 Å². The molecule has 16 heavy (non-hydrogen) atoms. The van der Waals surface area contributed by atoms with Crippen LogP contribution in [0.15, 0.2) is 0 Å². The zero-order valence-corrected chi connectivity index (χ0v) is 11.6. The Morgan fingerprint density at radius 3 is 2.81 bits per heavy atom. The Hall–Kier alpha value is 0.110. The van der Waals surface area contributed by atoms with Crippen LogP contribution in [-0.4, -0.2) is 29.3 Å². The quantitative estimate of drug-likeness (QED) is 0.747. The minimum atomic E-state index is 0.0934. The number of hydrogen-bond donors (Lipinski definition) is 1. The normalized spacial score (nSPS) is 19.4. The molecule has 94 valence electrons. The number of nitrogens with one attached hydrogen (secondary N) is 1. The van der Waals surface area contributed by atoms with Gasteiger partial charge in [0.1, 0.15) is 0 Å². The van der Waals surface area contributed by atoms with Crippen LogP contribution in [0.4, 0.5) is 0 Å². The lowest BCUT2D eigenvalue weighted by atomic mass is 9.98. The Labute approximate surface area is 108 Å². The SMILES string of the molecule is CCCC(Cl)CNC(=O)CC1CCSCC1. The lowest BCUT2D eigenvalue weighted by molar-refractivity contribution is -0.122. The summed E-state index contributed by atoms with van der Waals surface area (Å²) in [5.74, 6) is 3.21. The number of amides is 1. The summed E-state index contributed by atoms with van der Waals surface area (Å²) in [4.78, 5) is 11.6. The maximum Gasteiger partial charge on any atom is 0.220 e. The third-order valence-corrected chi connectivity index (χ3v) is 4.36. The third kappa shape index (κ3) is 6.00. The Bertz CT molecular complexity index is 207. The second-order valence-corrected chi connectivity index (χ2v) is 6.29. The van der Waals surface area contributed by atoms with Gasteiger partial charge in [-0.15, -0.1) is 11.6 Å². The van der Waals surface area contributed by atoms with Crippen LogP contribution in [0.2, 0.25) is 0 Å².